The molecule has 176 valence electrons. The number of ether oxygens (including phenoxy) is 1. The second kappa shape index (κ2) is 12.3. The molecule has 2 aromatic carbocycles. The summed E-state index contributed by atoms with van der Waals surface area (Å²) in [6, 6.07) is 16.0. The van der Waals surface area contributed by atoms with Crippen LogP contribution in [0.3, 0.4) is 0 Å². The van der Waals surface area contributed by atoms with E-state index in [0.717, 1.165) is 36.5 Å². The Balaban J connectivity index is 1.60. The van der Waals surface area contributed by atoms with Crippen molar-refractivity contribution in [1.29, 1.82) is 0 Å². The van der Waals surface area contributed by atoms with Gasteiger partial charge in [-0.1, -0.05) is 38.1 Å². The molecule has 1 amide bonds. The number of hydrogen-bond donors (Lipinski definition) is 2. The first-order valence-electron chi connectivity index (χ1n) is 11.5. The number of amides is 1. The topological polar surface area (TPSA) is 75.2 Å². The van der Waals surface area contributed by atoms with Gasteiger partial charge in [-0.25, -0.2) is 0 Å². The van der Waals surface area contributed by atoms with Crippen molar-refractivity contribution < 1.29 is 9.53 Å². The molecular weight excluding hydrogens is 434 g/mol. The largest absolute Gasteiger partial charge is 0.494 e. The van der Waals surface area contributed by atoms with Crippen LogP contribution in [-0.2, 0) is 24.4 Å². The van der Waals surface area contributed by atoms with Gasteiger partial charge in [-0.05, 0) is 67.6 Å². The van der Waals surface area contributed by atoms with E-state index in [1.807, 2.05) is 47.9 Å². The Labute approximate surface area is 200 Å². The van der Waals surface area contributed by atoms with Crippen molar-refractivity contribution in [1.82, 2.24) is 25.0 Å². The van der Waals surface area contributed by atoms with Crippen LogP contribution in [0, 0.1) is 4.77 Å². The SMILES string of the molecule is CCOc1ccc(-c2n[nH]c(=S)n2CCC(=O)NCc2ccccc2CN(CC)CC)cc1. The maximum absolute atomic E-state index is 12.6. The number of nitrogens with one attached hydrogen (secondary N) is 2. The fraction of sp³-hybridized carbons (Fsp3) is 0.400. The lowest BCUT2D eigenvalue weighted by Crippen LogP contribution is -2.26. The number of aromatic nitrogens is 3. The summed E-state index contributed by atoms with van der Waals surface area (Å²) >= 11 is 5.40. The first-order valence-corrected chi connectivity index (χ1v) is 11.9. The van der Waals surface area contributed by atoms with Gasteiger partial charge in [-0.2, -0.15) is 5.10 Å². The van der Waals surface area contributed by atoms with Gasteiger partial charge in [0.25, 0.3) is 0 Å². The molecule has 0 fully saturated rings. The number of carbonyl (C=O) groups excluding carboxylic acids is 1. The summed E-state index contributed by atoms with van der Waals surface area (Å²) in [5.74, 6) is 1.50. The first-order chi connectivity index (χ1) is 16.0. The van der Waals surface area contributed by atoms with E-state index >= 15 is 0 Å². The molecule has 1 heterocycles. The van der Waals surface area contributed by atoms with Crippen LogP contribution in [0.5, 0.6) is 5.75 Å². The summed E-state index contributed by atoms with van der Waals surface area (Å²) in [5, 5.41) is 10.3. The Morgan fingerprint density at radius 1 is 1.09 bits per heavy atom. The summed E-state index contributed by atoms with van der Waals surface area (Å²) < 4.78 is 7.86. The van der Waals surface area contributed by atoms with Crippen LogP contribution in [0.4, 0.5) is 0 Å². The lowest BCUT2D eigenvalue weighted by atomic mass is 10.1. The molecule has 0 atom stereocenters. The van der Waals surface area contributed by atoms with Gasteiger partial charge in [0.05, 0.1) is 6.61 Å². The van der Waals surface area contributed by atoms with Crippen molar-refractivity contribution in [3.8, 4) is 17.1 Å². The number of nitrogens with zero attached hydrogens (tertiary/aromatic N) is 3. The molecule has 0 aliphatic carbocycles. The fourth-order valence-corrected chi connectivity index (χ4v) is 3.90. The molecule has 1 aromatic heterocycles. The van der Waals surface area contributed by atoms with E-state index in [1.165, 1.54) is 5.56 Å². The molecule has 0 saturated carbocycles. The minimum absolute atomic E-state index is 0.0200. The average Bonchev–Trinajstić information content (AvgIpc) is 3.21. The smallest absolute Gasteiger partial charge is 0.222 e. The molecular formula is C25H33N5O2S. The van der Waals surface area contributed by atoms with Crippen molar-refractivity contribution >= 4 is 18.1 Å². The van der Waals surface area contributed by atoms with E-state index in [2.05, 4.69) is 46.4 Å². The highest BCUT2D eigenvalue weighted by molar-refractivity contribution is 7.71. The maximum Gasteiger partial charge on any atom is 0.222 e. The number of benzene rings is 2. The third kappa shape index (κ3) is 6.76. The molecule has 0 radical (unpaired) electrons. The Morgan fingerprint density at radius 2 is 1.79 bits per heavy atom. The minimum atomic E-state index is -0.0200. The molecule has 0 bridgehead atoms. The zero-order chi connectivity index (χ0) is 23.6. The Hall–Kier alpha value is -2.97. The summed E-state index contributed by atoms with van der Waals surface area (Å²) in [5.41, 5.74) is 3.31. The molecule has 0 aliphatic heterocycles. The van der Waals surface area contributed by atoms with Crippen LogP contribution >= 0.6 is 12.2 Å². The highest BCUT2D eigenvalue weighted by atomic mass is 32.1. The molecule has 0 spiro atoms. The second-order valence-corrected chi connectivity index (χ2v) is 8.10. The van der Waals surface area contributed by atoms with Gasteiger partial charge in [0, 0.05) is 31.6 Å². The third-order valence-electron chi connectivity index (χ3n) is 5.63. The Kier molecular flexibility index (Phi) is 9.21. The van der Waals surface area contributed by atoms with Crippen LogP contribution in [0.2, 0.25) is 0 Å². The number of rotatable bonds is 12. The van der Waals surface area contributed by atoms with Crippen molar-refractivity contribution in [2.45, 2.75) is 46.8 Å². The molecule has 0 saturated heterocycles. The fourth-order valence-electron chi connectivity index (χ4n) is 3.68. The van der Waals surface area contributed by atoms with E-state index in [4.69, 9.17) is 17.0 Å². The molecule has 33 heavy (non-hydrogen) atoms. The number of carbonyl (C=O) groups is 1. The van der Waals surface area contributed by atoms with Crippen LogP contribution in [0.25, 0.3) is 11.4 Å². The Morgan fingerprint density at radius 3 is 2.45 bits per heavy atom. The summed E-state index contributed by atoms with van der Waals surface area (Å²) in [6.45, 7) is 10.7. The molecule has 2 N–H and O–H groups in total. The quantitative estimate of drug-likeness (QED) is 0.382. The molecule has 3 aromatic rings. The standard InChI is InChI=1S/C25H33N5O2S/c1-4-29(5-2)18-21-10-8-7-9-20(21)17-26-23(31)15-16-30-24(27-28-25(30)33)19-11-13-22(14-12-19)32-6-3/h7-14H,4-6,15-18H2,1-3H3,(H,26,31)(H,28,33). The summed E-state index contributed by atoms with van der Waals surface area (Å²) in [6.07, 6.45) is 0.316. The lowest BCUT2D eigenvalue weighted by Gasteiger charge is -2.20. The van der Waals surface area contributed by atoms with Gasteiger partial charge in [-0.3, -0.25) is 19.4 Å². The number of hydrogen-bond acceptors (Lipinski definition) is 5. The van der Waals surface area contributed by atoms with Crippen LogP contribution in [-0.4, -0.2) is 45.3 Å². The molecule has 0 unspecified atom stereocenters. The van der Waals surface area contributed by atoms with E-state index in [9.17, 15) is 4.79 Å². The van der Waals surface area contributed by atoms with E-state index in [-0.39, 0.29) is 5.91 Å². The average molecular weight is 468 g/mol. The monoisotopic (exact) mass is 467 g/mol. The first kappa shape index (κ1) is 24.7. The molecule has 3 rings (SSSR count). The van der Waals surface area contributed by atoms with Gasteiger partial charge < -0.3 is 10.1 Å². The van der Waals surface area contributed by atoms with Gasteiger partial charge >= 0.3 is 0 Å². The second-order valence-electron chi connectivity index (χ2n) is 7.72. The van der Waals surface area contributed by atoms with E-state index < -0.39 is 0 Å². The minimum Gasteiger partial charge on any atom is -0.494 e. The predicted octanol–water partition coefficient (Wildman–Crippen LogP) is 4.55. The van der Waals surface area contributed by atoms with Crippen LogP contribution < -0.4 is 10.1 Å². The maximum atomic E-state index is 12.6. The zero-order valence-electron chi connectivity index (χ0n) is 19.6. The number of aromatic amines is 1. The zero-order valence-corrected chi connectivity index (χ0v) is 20.5. The number of H-pyrrole nitrogens is 1. The van der Waals surface area contributed by atoms with Crippen molar-refractivity contribution in [2.24, 2.45) is 0 Å². The molecule has 0 aliphatic rings. The van der Waals surface area contributed by atoms with E-state index in [1.54, 1.807) is 0 Å². The molecule has 7 nitrogen and oxygen atoms in total. The highest BCUT2D eigenvalue weighted by Crippen LogP contribution is 2.21. The third-order valence-corrected chi connectivity index (χ3v) is 5.94. The van der Waals surface area contributed by atoms with Gasteiger partial charge in [0.15, 0.2) is 10.6 Å². The molecule has 8 heteroatoms. The van der Waals surface area contributed by atoms with Gasteiger partial charge in [0.2, 0.25) is 5.91 Å². The van der Waals surface area contributed by atoms with Crippen molar-refractivity contribution in [3.63, 3.8) is 0 Å². The Bertz CT molecular complexity index is 1090. The van der Waals surface area contributed by atoms with Crippen molar-refractivity contribution in [3.05, 3.63) is 64.4 Å². The van der Waals surface area contributed by atoms with Gasteiger partial charge in [0.1, 0.15) is 5.75 Å². The van der Waals surface area contributed by atoms with Gasteiger partial charge in [-0.15, -0.1) is 0 Å². The summed E-state index contributed by atoms with van der Waals surface area (Å²) in [4.78, 5) is 15.0. The van der Waals surface area contributed by atoms with Crippen molar-refractivity contribution in [2.75, 3.05) is 19.7 Å². The summed E-state index contributed by atoms with van der Waals surface area (Å²) in [7, 11) is 0. The highest BCUT2D eigenvalue weighted by Gasteiger charge is 2.12. The lowest BCUT2D eigenvalue weighted by molar-refractivity contribution is -0.121. The predicted molar refractivity (Wildman–Crippen MR) is 134 cm³/mol. The van der Waals surface area contributed by atoms with Crippen LogP contribution in [0.15, 0.2) is 48.5 Å². The normalized spacial score (nSPS) is 11.0. The van der Waals surface area contributed by atoms with E-state index in [0.29, 0.717) is 36.7 Å². The van der Waals surface area contributed by atoms with Crippen LogP contribution in [0.1, 0.15) is 38.3 Å².